The molecule has 80 valence electrons. The van der Waals surface area contributed by atoms with E-state index in [-0.39, 0.29) is 0 Å². The number of hydrogen-bond acceptors (Lipinski definition) is 0. The first kappa shape index (κ1) is 13.6. The van der Waals surface area contributed by atoms with Crippen LogP contribution in [-0.2, 0) is 0 Å². The Morgan fingerprint density at radius 2 is 1.07 bits per heavy atom. The summed E-state index contributed by atoms with van der Waals surface area (Å²) in [5, 5.41) is 0. The van der Waals surface area contributed by atoms with Crippen LogP contribution in [0.2, 0.25) is 0 Å². The fourth-order valence-electron chi connectivity index (χ4n) is 1.31. The van der Waals surface area contributed by atoms with Crippen molar-refractivity contribution in [3.63, 3.8) is 0 Å². The highest BCUT2D eigenvalue weighted by Gasteiger charge is 1.87. The third-order valence-electron chi connectivity index (χ3n) is 2.23. The minimum Gasteiger partial charge on any atom is -0.103 e. The monoisotopic (exact) mass is 192 g/mol. The highest BCUT2D eigenvalue weighted by atomic mass is 13.9. The van der Waals surface area contributed by atoms with Crippen molar-refractivity contribution < 1.29 is 0 Å². The molecule has 0 heterocycles. The number of rotatable bonds is 8. The summed E-state index contributed by atoms with van der Waals surface area (Å²) in [7, 11) is 0. The molecule has 0 aliphatic carbocycles. The van der Waals surface area contributed by atoms with Crippen LogP contribution in [0, 0.1) is 25.7 Å². The molecule has 0 bridgehead atoms. The second kappa shape index (κ2) is 12.6. The molecule has 0 saturated heterocycles. The Bertz CT molecular complexity index is 147. The van der Waals surface area contributed by atoms with E-state index >= 15 is 0 Å². The Hall–Kier alpha value is -0.440. The summed E-state index contributed by atoms with van der Waals surface area (Å²) in [6.45, 7) is 7.62. The fraction of sp³-hybridized carbons (Fsp3) is 0.714. The van der Waals surface area contributed by atoms with Gasteiger partial charge in [0, 0.05) is 12.8 Å². The molecule has 0 aliphatic rings. The molecule has 0 amide bonds. The van der Waals surface area contributed by atoms with Crippen LogP contribution in [0.4, 0.5) is 0 Å². The van der Waals surface area contributed by atoms with Crippen LogP contribution in [0.1, 0.15) is 64.2 Å². The summed E-state index contributed by atoms with van der Waals surface area (Å²) in [4.78, 5) is 0. The Morgan fingerprint density at radius 1 is 0.571 bits per heavy atom. The van der Waals surface area contributed by atoms with Crippen LogP contribution >= 0.6 is 0 Å². The van der Waals surface area contributed by atoms with Crippen molar-refractivity contribution in [3.05, 3.63) is 13.8 Å². The van der Waals surface area contributed by atoms with E-state index in [1.165, 1.54) is 32.1 Å². The zero-order valence-corrected chi connectivity index (χ0v) is 9.49. The fourth-order valence-corrected chi connectivity index (χ4v) is 1.31. The van der Waals surface area contributed by atoms with Gasteiger partial charge < -0.3 is 0 Å². The SMILES string of the molecule is [CH2]CCCC#CCCCCCCC[CH2]. The molecule has 0 unspecified atom stereocenters. The van der Waals surface area contributed by atoms with Crippen molar-refractivity contribution in [2.45, 2.75) is 64.2 Å². The maximum absolute atomic E-state index is 3.83. The van der Waals surface area contributed by atoms with Gasteiger partial charge in [-0.15, -0.1) is 11.8 Å². The quantitative estimate of drug-likeness (QED) is 0.390. The molecule has 0 aromatic carbocycles. The molecule has 0 rings (SSSR count). The highest BCUT2D eigenvalue weighted by molar-refractivity contribution is 4.98. The molecule has 0 fully saturated rings. The molecule has 0 aromatic heterocycles. The lowest BCUT2D eigenvalue weighted by Gasteiger charge is -1.96. The molecule has 0 N–H and O–H groups in total. The second-order valence-electron chi connectivity index (χ2n) is 3.68. The zero-order valence-electron chi connectivity index (χ0n) is 9.49. The van der Waals surface area contributed by atoms with E-state index in [1.54, 1.807) is 0 Å². The van der Waals surface area contributed by atoms with Crippen molar-refractivity contribution in [1.82, 2.24) is 0 Å². The lowest BCUT2D eigenvalue weighted by atomic mass is 10.1. The van der Waals surface area contributed by atoms with Gasteiger partial charge in [0.2, 0.25) is 0 Å². The maximum atomic E-state index is 3.83. The smallest absolute Gasteiger partial charge is 0.00886 e. The van der Waals surface area contributed by atoms with Crippen LogP contribution in [-0.4, -0.2) is 0 Å². The van der Waals surface area contributed by atoms with Gasteiger partial charge in [-0.05, 0) is 12.8 Å². The first-order valence-electron chi connectivity index (χ1n) is 5.96. The standard InChI is InChI=1S/C14H24/c1-3-5-7-9-11-13-14-12-10-8-6-4-2/h1-9,11,13-14H2. The van der Waals surface area contributed by atoms with E-state index in [1.807, 2.05) is 0 Å². The highest BCUT2D eigenvalue weighted by Crippen LogP contribution is 2.06. The average Bonchev–Trinajstić information content (AvgIpc) is 2.21. The van der Waals surface area contributed by atoms with Gasteiger partial charge in [0.15, 0.2) is 0 Å². The van der Waals surface area contributed by atoms with Gasteiger partial charge in [-0.1, -0.05) is 52.4 Å². The van der Waals surface area contributed by atoms with Gasteiger partial charge >= 0.3 is 0 Å². The van der Waals surface area contributed by atoms with E-state index < -0.39 is 0 Å². The maximum Gasteiger partial charge on any atom is 0.00886 e. The molecule has 2 radical (unpaired) electrons. The molecule has 0 nitrogen and oxygen atoms in total. The van der Waals surface area contributed by atoms with Crippen LogP contribution in [0.5, 0.6) is 0 Å². The van der Waals surface area contributed by atoms with Crippen LogP contribution in [0.25, 0.3) is 0 Å². The molecule has 0 heteroatoms. The summed E-state index contributed by atoms with van der Waals surface area (Å²) in [5.41, 5.74) is 0. The summed E-state index contributed by atoms with van der Waals surface area (Å²) in [6.07, 6.45) is 12.0. The lowest BCUT2D eigenvalue weighted by molar-refractivity contribution is 0.624. The normalized spacial score (nSPS) is 9.57. The third kappa shape index (κ3) is 11.6. The van der Waals surface area contributed by atoms with Crippen LogP contribution < -0.4 is 0 Å². The molecule has 0 aliphatic heterocycles. The predicted molar refractivity (Wildman–Crippen MR) is 64.7 cm³/mol. The summed E-state index contributed by atoms with van der Waals surface area (Å²) >= 11 is 0. The summed E-state index contributed by atoms with van der Waals surface area (Å²) in [5.74, 6) is 6.41. The van der Waals surface area contributed by atoms with E-state index in [0.29, 0.717) is 0 Å². The van der Waals surface area contributed by atoms with Crippen molar-refractivity contribution in [2.24, 2.45) is 0 Å². The van der Waals surface area contributed by atoms with Crippen molar-refractivity contribution >= 4 is 0 Å². The summed E-state index contributed by atoms with van der Waals surface area (Å²) in [6, 6.07) is 0. The molecule has 0 atom stereocenters. The topological polar surface area (TPSA) is 0 Å². The van der Waals surface area contributed by atoms with Crippen molar-refractivity contribution in [2.75, 3.05) is 0 Å². The lowest BCUT2D eigenvalue weighted by Crippen LogP contribution is -1.78. The van der Waals surface area contributed by atoms with Gasteiger partial charge in [-0.25, -0.2) is 0 Å². The van der Waals surface area contributed by atoms with Gasteiger partial charge in [0.25, 0.3) is 0 Å². The number of hydrogen-bond donors (Lipinski definition) is 0. The first-order chi connectivity index (χ1) is 6.91. The second-order valence-corrected chi connectivity index (χ2v) is 3.68. The number of unbranched alkanes of at least 4 members (excludes halogenated alkanes) is 8. The van der Waals surface area contributed by atoms with E-state index in [9.17, 15) is 0 Å². The minimum atomic E-state index is 1.01. The average molecular weight is 192 g/mol. The zero-order chi connectivity index (χ0) is 10.5. The Balaban J connectivity index is 2.99. The van der Waals surface area contributed by atoms with E-state index in [4.69, 9.17) is 0 Å². The Kier molecular flexibility index (Phi) is 12.2. The summed E-state index contributed by atoms with van der Waals surface area (Å²) < 4.78 is 0. The van der Waals surface area contributed by atoms with Gasteiger partial charge in [0.1, 0.15) is 0 Å². The molecule has 14 heavy (non-hydrogen) atoms. The van der Waals surface area contributed by atoms with E-state index in [0.717, 1.165) is 32.1 Å². The molecule has 0 spiro atoms. The molecular formula is C14H24. The van der Waals surface area contributed by atoms with E-state index in [2.05, 4.69) is 25.7 Å². The largest absolute Gasteiger partial charge is 0.103 e. The molecule has 0 aromatic rings. The molecular weight excluding hydrogens is 168 g/mol. The minimum absolute atomic E-state index is 1.01. The van der Waals surface area contributed by atoms with Crippen LogP contribution in [0.15, 0.2) is 0 Å². The van der Waals surface area contributed by atoms with Crippen LogP contribution in [0.3, 0.4) is 0 Å². The first-order valence-corrected chi connectivity index (χ1v) is 5.96. The van der Waals surface area contributed by atoms with Gasteiger partial charge in [-0.2, -0.15) is 0 Å². The molecule has 0 saturated carbocycles. The van der Waals surface area contributed by atoms with Crippen molar-refractivity contribution in [1.29, 1.82) is 0 Å². The third-order valence-corrected chi connectivity index (χ3v) is 2.23. The van der Waals surface area contributed by atoms with Gasteiger partial charge in [-0.3, -0.25) is 0 Å². The Morgan fingerprint density at radius 3 is 1.71 bits per heavy atom. The van der Waals surface area contributed by atoms with Gasteiger partial charge in [0.05, 0.1) is 0 Å². The van der Waals surface area contributed by atoms with Crippen molar-refractivity contribution in [3.8, 4) is 11.8 Å². The Labute approximate surface area is 90.5 Å². The predicted octanol–water partition coefficient (Wildman–Crippen LogP) is 4.56.